The van der Waals surface area contributed by atoms with E-state index in [1.54, 1.807) is 17.8 Å². The van der Waals surface area contributed by atoms with Crippen molar-refractivity contribution in [1.29, 1.82) is 0 Å². The Morgan fingerprint density at radius 2 is 2.17 bits per heavy atom. The maximum atomic E-state index is 13.4. The molecule has 0 radical (unpaired) electrons. The van der Waals surface area contributed by atoms with Gasteiger partial charge >= 0.3 is 0 Å². The Hall–Kier alpha value is -0.580. The van der Waals surface area contributed by atoms with Gasteiger partial charge in [-0.25, -0.2) is 4.39 Å². The SMILES string of the molecule is CC1CC(N)CN(CCSc2ccccc2F)C1. The topological polar surface area (TPSA) is 29.3 Å². The molecule has 2 N–H and O–H groups in total. The lowest BCUT2D eigenvalue weighted by Crippen LogP contribution is -2.46. The minimum Gasteiger partial charge on any atom is -0.327 e. The molecule has 0 aromatic heterocycles. The summed E-state index contributed by atoms with van der Waals surface area (Å²) in [6.45, 7) is 5.32. The first-order valence-corrected chi connectivity index (χ1v) is 7.49. The van der Waals surface area contributed by atoms with Crippen LogP contribution in [0.1, 0.15) is 13.3 Å². The van der Waals surface area contributed by atoms with E-state index in [2.05, 4.69) is 11.8 Å². The van der Waals surface area contributed by atoms with Gasteiger partial charge in [-0.15, -0.1) is 11.8 Å². The normalized spacial score (nSPS) is 25.3. The van der Waals surface area contributed by atoms with E-state index in [0.717, 1.165) is 36.7 Å². The van der Waals surface area contributed by atoms with Gasteiger partial charge in [0.05, 0.1) is 0 Å². The Bertz CT molecular complexity index is 376. The quantitative estimate of drug-likeness (QED) is 0.851. The molecule has 0 amide bonds. The van der Waals surface area contributed by atoms with Crippen molar-refractivity contribution in [1.82, 2.24) is 4.90 Å². The van der Waals surface area contributed by atoms with E-state index in [1.807, 2.05) is 12.1 Å². The van der Waals surface area contributed by atoms with Crippen LogP contribution in [0.5, 0.6) is 0 Å². The summed E-state index contributed by atoms with van der Waals surface area (Å²) in [6, 6.07) is 7.26. The lowest BCUT2D eigenvalue weighted by atomic mass is 9.97. The van der Waals surface area contributed by atoms with E-state index in [4.69, 9.17) is 5.73 Å². The molecule has 18 heavy (non-hydrogen) atoms. The number of likely N-dealkylation sites (tertiary alicyclic amines) is 1. The second-order valence-corrected chi connectivity index (χ2v) is 6.28. The molecule has 100 valence electrons. The maximum Gasteiger partial charge on any atom is 0.136 e. The molecule has 2 atom stereocenters. The van der Waals surface area contributed by atoms with Crippen molar-refractivity contribution < 1.29 is 4.39 Å². The summed E-state index contributed by atoms with van der Waals surface area (Å²) in [4.78, 5) is 3.14. The average molecular weight is 268 g/mol. The zero-order valence-corrected chi connectivity index (χ0v) is 11.6. The van der Waals surface area contributed by atoms with Gasteiger partial charge in [0.2, 0.25) is 0 Å². The third kappa shape index (κ3) is 3.97. The van der Waals surface area contributed by atoms with E-state index in [-0.39, 0.29) is 5.82 Å². The van der Waals surface area contributed by atoms with Crippen LogP contribution in [0.15, 0.2) is 29.2 Å². The summed E-state index contributed by atoms with van der Waals surface area (Å²) in [7, 11) is 0. The average Bonchev–Trinajstić information content (AvgIpc) is 2.30. The Morgan fingerprint density at radius 3 is 2.89 bits per heavy atom. The molecule has 1 aliphatic rings. The van der Waals surface area contributed by atoms with Crippen LogP contribution in [0.2, 0.25) is 0 Å². The molecule has 1 saturated heterocycles. The van der Waals surface area contributed by atoms with Gasteiger partial charge in [0.25, 0.3) is 0 Å². The van der Waals surface area contributed by atoms with Crippen molar-refractivity contribution in [2.75, 3.05) is 25.4 Å². The number of rotatable bonds is 4. The number of thioether (sulfide) groups is 1. The van der Waals surface area contributed by atoms with Gasteiger partial charge in [0.15, 0.2) is 0 Å². The molecule has 0 saturated carbocycles. The van der Waals surface area contributed by atoms with Crippen molar-refractivity contribution in [2.24, 2.45) is 11.7 Å². The standard InChI is InChI=1S/C14H21FN2S/c1-11-8-12(16)10-17(9-11)6-7-18-14-5-3-2-4-13(14)15/h2-5,11-12H,6-10,16H2,1H3. The number of nitrogens with zero attached hydrogens (tertiary/aromatic N) is 1. The molecule has 1 fully saturated rings. The van der Waals surface area contributed by atoms with E-state index in [1.165, 1.54) is 6.07 Å². The van der Waals surface area contributed by atoms with Gasteiger partial charge < -0.3 is 10.6 Å². The van der Waals surface area contributed by atoms with Crippen LogP contribution in [0.3, 0.4) is 0 Å². The summed E-state index contributed by atoms with van der Waals surface area (Å²) in [5.41, 5.74) is 6.01. The van der Waals surface area contributed by atoms with E-state index >= 15 is 0 Å². The van der Waals surface area contributed by atoms with Gasteiger partial charge in [-0.2, -0.15) is 0 Å². The van der Waals surface area contributed by atoms with Crippen molar-refractivity contribution >= 4 is 11.8 Å². The Labute approximate surface area is 113 Å². The van der Waals surface area contributed by atoms with Crippen molar-refractivity contribution in [3.8, 4) is 0 Å². The highest BCUT2D eigenvalue weighted by Gasteiger charge is 2.21. The summed E-state index contributed by atoms with van der Waals surface area (Å²) in [5, 5.41) is 0. The van der Waals surface area contributed by atoms with Crippen LogP contribution in [0, 0.1) is 11.7 Å². The van der Waals surface area contributed by atoms with Gasteiger partial charge in [0, 0.05) is 36.3 Å². The fourth-order valence-electron chi connectivity index (χ4n) is 2.54. The van der Waals surface area contributed by atoms with E-state index < -0.39 is 0 Å². The first-order chi connectivity index (χ1) is 8.65. The molecule has 1 aliphatic heterocycles. The molecule has 4 heteroatoms. The third-order valence-electron chi connectivity index (χ3n) is 3.27. The van der Waals surface area contributed by atoms with E-state index in [0.29, 0.717) is 12.0 Å². The fraction of sp³-hybridized carbons (Fsp3) is 0.571. The Kier molecular flexibility index (Phi) is 5.03. The molecule has 0 aliphatic carbocycles. The summed E-state index contributed by atoms with van der Waals surface area (Å²) in [5.74, 6) is 1.47. The predicted molar refractivity (Wildman–Crippen MR) is 75.3 cm³/mol. The number of nitrogens with two attached hydrogens (primary N) is 1. The Morgan fingerprint density at radius 1 is 1.39 bits per heavy atom. The molecule has 0 bridgehead atoms. The largest absolute Gasteiger partial charge is 0.327 e. The highest BCUT2D eigenvalue weighted by molar-refractivity contribution is 7.99. The van der Waals surface area contributed by atoms with Crippen LogP contribution in [-0.2, 0) is 0 Å². The second-order valence-electron chi connectivity index (χ2n) is 5.14. The zero-order chi connectivity index (χ0) is 13.0. The Balaban J connectivity index is 1.77. The third-order valence-corrected chi connectivity index (χ3v) is 4.30. The smallest absolute Gasteiger partial charge is 0.136 e. The minimum absolute atomic E-state index is 0.119. The molecule has 1 aromatic carbocycles. The van der Waals surface area contributed by atoms with Crippen LogP contribution in [-0.4, -0.2) is 36.3 Å². The van der Waals surface area contributed by atoms with Gasteiger partial charge in [0.1, 0.15) is 5.82 Å². The van der Waals surface area contributed by atoms with Crippen LogP contribution < -0.4 is 5.73 Å². The lowest BCUT2D eigenvalue weighted by Gasteiger charge is -2.34. The van der Waals surface area contributed by atoms with Crippen LogP contribution in [0.25, 0.3) is 0 Å². The van der Waals surface area contributed by atoms with Gasteiger partial charge in [-0.05, 0) is 24.5 Å². The summed E-state index contributed by atoms with van der Waals surface area (Å²) in [6.07, 6.45) is 1.12. The predicted octanol–water partition coefficient (Wildman–Crippen LogP) is 2.59. The number of hydrogen-bond acceptors (Lipinski definition) is 3. The van der Waals surface area contributed by atoms with Crippen LogP contribution >= 0.6 is 11.8 Å². The maximum absolute atomic E-state index is 13.4. The lowest BCUT2D eigenvalue weighted by molar-refractivity contribution is 0.174. The van der Waals surface area contributed by atoms with Crippen LogP contribution in [0.4, 0.5) is 4.39 Å². The second kappa shape index (κ2) is 6.55. The number of hydrogen-bond donors (Lipinski definition) is 1. The number of piperidine rings is 1. The zero-order valence-electron chi connectivity index (χ0n) is 10.8. The first kappa shape index (κ1) is 13.8. The number of benzene rings is 1. The van der Waals surface area contributed by atoms with Crippen molar-refractivity contribution in [3.05, 3.63) is 30.1 Å². The molecule has 1 heterocycles. The summed E-state index contributed by atoms with van der Waals surface area (Å²) >= 11 is 1.59. The molecule has 1 aromatic rings. The van der Waals surface area contributed by atoms with Crippen molar-refractivity contribution in [2.45, 2.75) is 24.3 Å². The first-order valence-electron chi connectivity index (χ1n) is 6.50. The minimum atomic E-state index is -0.119. The highest BCUT2D eigenvalue weighted by atomic mass is 32.2. The highest BCUT2D eigenvalue weighted by Crippen LogP contribution is 2.22. The number of halogens is 1. The fourth-order valence-corrected chi connectivity index (χ4v) is 3.49. The molecule has 2 rings (SSSR count). The monoisotopic (exact) mass is 268 g/mol. The molecule has 2 nitrogen and oxygen atoms in total. The summed E-state index contributed by atoms with van der Waals surface area (Å²) < 4.78 is 13.4. The van der Waals surface area contributed by atoms with Gasteiger partial charge in [-0.3, -0.25) is 0 Å². The molecular weight excluding hydrogens is 247 g/mol. The molecular formula is C14H21FN2S. The molecule has 0 spiro atoms. The molecule has 2 unspecified atom stereocenters. The van der Waals surface area contributed by atoms with E-state index in [9.17, 15) is 4.39 Å². The van der Waals surface area contributed by atoms with Gasteiger partial charge in [-0.1, -0.05) is 19.1 Å². The van der Waals surface area contributed by atoms with Crippen molar-refractivity contribution in [3.63, 3.8) is 0 Å².